The van der Waals surface area contributed by atoms with Crippen molar-refractivity contribution in [3.63, 3.8) is 0 Å². The van der Waals surface area contributed by atoms with Gasteiger partial charge in [0.1, 0.15) is 6.10 Å². The van der Waals surface area contributed by atoms with Crippen molar-refractivity contribution < 1.29 is 9.90 Å². The van der Waals surface area contributed by atoms with Crippen LogP contribution in [0.3, 0.4) is 0 Å². The van der Waals surface area contributed by atoms with E-state index in [4.69, 9.17) is 6.42 Å². The zero-order valence-corrected chi connectivity index (χ0v) is 11.6. The summed E-state index contributed by atoms with van der Waals surface area (Å²) in [4.78, 5) is 12.9. The largest absolute Gasteiger partial charge is 0.380 e. The number of terminal acetylenes is 1. The summed E-state index contributed by atoms with van der Waals surface area (Å²) in [6.45, 7) is 6.39. The van der Waals surface area contributed by atoms with Gasteiger partial charge < -0.3 is 10.0 Å². The van der Waals surface area contributed by atoms with E-state index in [1.54, 1.807) is 11.9 Å². The molecule has 0 bridgehead atoms. The Labute approximate surface area is 111 Å². The maximum atomic E-state index is 11.2. The Kier molecular flexibility index (Phi) is 9.04. The predicted molar refractivity (Wildman–Crippen MR) is 74.9 cm³/mol. The van der Waals surface area contributed by atoms with Gasteiger partial charge in [-0.2, -0.15) is 0 Å². The third-order valence-electron chi connectivity index (χ3n) is 3.12. The van der Waals surface area contributed by atoms with E-state index in [1.807, 2.05) is 0 Å². The molecule has 0 aliphatic heterocycles. The molecule has 0 aliphatic carbocycles. The first-order valence-corrected chi connectivity index (χ1v) is 6.53. The van der Waals surface area contributed by atoms with Gasteiger partial charge in [0.15, 0.2) is 0 Å². The molecule has 18 heavy (non-hydrogen) atoms. The molecule has 0 aliphatic rings. The topological polar surface area (TPSA) is 40.5 Å². The smallest absolute Gasteiger partial charge is 0.245 e. The molecular weight excluding hydrogens is 226 g/mol. The fourth-order valence-electron chi connectivity index (χ4n) is 1.78. The van der Waals surface area contributed by atoms with Crippen LogP contribution in [0.1, 0.15) is 39.0 Å². The van der Waals surface area contributed by atoms with Gasteiger partial charge in [0.25, 0.3) is 0 Å². The van der Waals surface area contributed by atoms with Crippen LogP contribution >= 0.6 is 0 Å². The summed E-state index contributed by atoms with van der Waals surface area (Å²) in [6, 6.07) is 0. The fraction of sp³-hybridized carbons (Fsp3) is 0.667. The monoisotopic (exact) mass is 251 g/mol. The number of nitrogens with zero attached hydrogens (tertiary/aromatic N) is 1. The quantitative estimate of drug-likeness (QED) is 0.388. The first kappa shape index (κ1) is 16.7. The molecule has 0 radical (unpaired) electrons. The lowest BCUT2D eigenvalue weighted by molar-refractivity contribution is -0.124. The summed E-state index contributed by atoms with van der Waals surface area (Å²) in [5.74, 6) is 2.86. The number of rotatable bonds is 9. The number of likely N-dealkylation sites (N-methyl/N-ethyl adjacent to an activating group) is 1. The highest BCUT2D eigenvalue weighted by Crippen LogP contribution is 2.15. The third kappa shape index (κ3) is 7.92. The summed E-state index contributed by atoms with van der Waals surface area (Å²) >= 11 is 0. The van der Waals surface area contributed by atoms with E-state index in [-0.39, 0.29) is 5.91 Å². The highest BCUT2D eigenvalue weighted by molar-refractivity contribution is 5.86. The molecule has 3 nitrogen and oxygen atoms in total. The van der Waals surface area contributed by atoms with Gasteiger partial charge in [-0.25, -0.2) is 0 Å². The van der Waals surface area contributed by atoms with E-state index < -0.39 is 6.10 Å². The maximum Gasteiger partial charge on any atom is 0.245 e. The molecule has 2 atom stereocenters. The second kappa shape index (κ2) is 9.73. The Morgan fingerprint density at radius 3 is 2.67 bits per heavy atom. The van der Waals surface area contributed by atoms with E-state index in [0.29, 0.717) is 12.3 Å². The number of unbranched alkanes of at least 4 members (excludes halogenated alkanes) is 1. The Morgan fingerprint density at radius 2 is 2.11 bits per heavy atom. The van der Waals surface area contributed by atoms with Gasteiger partial charge >= 0.3 is 0 Å². The molecule has 0 aromatic rings. The molecule has 102 valence electrons. The highest BCUT2D eigenvalue weighted by atomic mass is 16.3. The zero-order chi connectivity index (χ0) is 14.0. The molecule has 1 unspecified atom stereocenters. The molecule has 0 rings (SSSR count). The van der Waals surface area contributed by atoms with Crippen molar-refractivity contribution in [2.24, 2.45) is 5.92 Å². The third-order valence-corrected chi connectivity index (χ3v) is 3.12. The Balaban J connectivity index is 3.57. The van der Waals surface area contributed by atoms with Gasteiger partial charge in [-0.1, -0.05) is 32.3 Å². The second-order valence-corrected chi connectivity index (χ2v) is 4.82. The van der Waals surface area contributed by atoms with Gasteiger partial charge in [0.05, 0.1) is 0 Å². The summed E-state index contributed by atoms with van der Waals surface area (Å²) in [5, 5.41) is 9.25. The minimum Gasteiger partial charge on any atom is -0.380 e. The van der Waals surface area contributed by atoms with Crippen LogP contribution in [0.25, 0.3) is 0 Å². The van der Waals surface area contributed by atoms with Crippen molar-refractivity contribution in [1.82, 2.24) is 4.90 Å². The van der Waals surface area contributed by atoms with Gasteiger partial charge in [-0.3, -0.25) is 4.79 Å². The first-order chi connectivity index (χ1) is 8.51. The second-order valence-electron chi connectivity index (χ2n) is 4.82. The molecule has 1 N–H and O–H groups in total. The van der Waals surface area contributed by atoms with Crippen LogP contribution in [0.15, 0.2) is 12.7 Å². The normalized spacial score (nSPS) is 13.4. The van der Waals surface area contributed by atoms with E-state index >= 15 is 0 Å². The Morgan fingerprint density at radius 1 is 1.44 bits per heavy atom. The lowest BCUT2D eigenvalue weighted by Gasteiger charge is -2.16. The van der Waals surface area contributed by atoms with Crippen molar-refractivity contribution in [2.75, 3.05) is 13.6 Å². The van der Waals surface area contributed by atoms with Crippen LogP contribution < -0.4 is 0 Å². The Bertz CT molecular complexity index is 293. The van der Waals surface area contributed by atoms with E-state index in [1.165, 1.54) is 6.08 Å². The maximum absolute atomic E-state index is 11.2. The molecule has 0 saturated heterocycles. The number of aliphatic hydroxyl groups is 1. The van der Waals surface area contributed by atoms with E-state index in [0.717, 1.165) is 32.2 Å². The SMILES string of the molecule is C#CC(O)CC[C@@H](C)CCCCN(C)C(=O)C=C. The van der Waals surface area contributed by atoms with Gasteiger partial charge in [-0.05, 0) is 31.3 Å². The molecule has 0 spiro atoms. The molecule has 0 fully saturated rings. The molecule has 0 heterocycles. The van der Waals surface area contributed by atoms with Crippen molar-refractivity contribution in [2.45, 2.75) is 45.1 Å². The molecule has 1 amide bonds. The molecular formula is C15H25NO2. The van der Waals surface area contributed by atoms with Crippen LogP contribution in [-0.2, 0) is 4.79 Å². The lowest BCUT2D eigenvalue weighted by atomic mass is 9.97. The van der Waals surface area contributed by atoms with Crippen LogP contribution in [0.4, 0.5) is 0 Å². The van der Waals surface area contributed by atoms with Crippen LogP contribution in [0.5, 0.6) is 0 Å². The standard InChI is InChI=1S/C15H25NO2/c1-5-14(17)11-10-13(3)9-7-8-12-16(4)15(18)6-2/h1,6,13-14,17H,2,7-12H2,3-4H3/t13-,14?/m0/s1. The van der Waals surface area contributed by atoms with Crippen LogP contribution in [0, 0.1) is 18.3 Å². The minimum absolute atomic E-state index is 0.0276. The van der Waals surface area contributed by atoms with Crippen molar-refractivity contribution in [3.05, 3.63) is 12.7 Å². The predicted octanol–water partition coefficient (Wildman–Crippen LogP) is 2.21. The number of hydrogen-bond donors (Lipinski definition) is 1. The van der Waals surface area contributed by atoms with Crippen LogP contribution in [-0.4, -0.2) is 35.6 Å². The number of carbonyl (C=O) groups is 1. The average Bonchev–Trinajstić information content (AvgIpc) is 2.39. The molecule has 0 aromatic heterocycles. The first-order valence-electron chi connectivity index (χ1n) is 6.53. The van der Waals surface area contributed by atoms with Crippen molar-refractivity contribution >= 4 is 5.91 Å². The van der Waals surface area contributed by atoms with Crippen molar-refractivity contribution in [3.8, 4) is 12.3 Å². The number of hydrogen-bond acceptors (Lipinski definition) is 2. The number of carbonyl (C=O) groups excluding carboxylic acids is 1. The van der Waals surface area contributed by atoms with E-state index in [2.05, 4.69) is 19.4 Å². The number of amides is 1. The lowest BCUT2D eigenvalue weighted by Crippen LogP contribution is -2.25. The van der Waals surface area contributed by atoms with Gasteiger partial charge in [0.2, 0.25) is 5.91 Å². The summed E-state index contributed by atoms with van der Waals surface area (Å²) < 4.78 is 0. The summed E-state index contributed by atoms with van der Waals surface area (Å²) in [7, 11) is 1.79. The summed E-state index contributed by atoms with van der Waals surface area (Å²) in [5.41, 5.74) is 0. The van der Waals surface area contributed by atoms with Crippen LogP contribution in [0.2, 0.25) is 0 Å². The average molecular weight is 251 g/mol. The molecule has 0 aromatic carbocycles. The minimum atomic E-state index is -0.608. The number of aliphatic hydroxyl groups excluding tert-OH is 1. The zero-order valence-electron chi connectivity index (χ0n) is 11.6. The fourth-order valence-corrected chi connectivity index (χ4v) is 1.78. The highest BCUT2D eigenvalue weighted by Gasteiger charge is 2.07. The van der Waals surface area contributed by atoms with E-state index in [9.17, 15) is 9.90 Å². The van der Waals surface area contributed by atoms with Crippen molar-refractivity contribution in [1.29, 1.82) is 0 Å². The Hall–Kier alpha value is -1.27. The molecule has 0 saturated carbocycles. The summed E-state index contributed by atoms with van der Waals surface area (Å²) in [6.07, 6.45) is 10.7. The molecule has 3 heteroatoms. The van der Waals surface area contributed by atoms with Gasteiger partial charge in [-0.15, -0.1) is 6.42 Å². The van der Waals surface area contributed by atoms with Gasteiger partial charge in [0, 0.05) is 13.6 Å².